The van der Waals surface area contributed by atoms with Crippen LogP contribution in [0.1, 0.15) is 11.3 Å². The molecule has 102 valence electrons. The number of hydrogen-bond acceptors (Lipinski definition) is 4. The zero-order valence-corrected chi connectivity index (χ0v) is 11.1. The molecule has 0 saturated heterocycles. The average Bonchev–Trinajstić information content (AvgIpc) is 2.72. The molecule has 0 amide bonds. The summed E-state index contributed by atoms with van der Waals surface area (Å²) in [5, 5.41) is 14.2. The van der Waals surface area contributed by atoms with Gasteiger partial charge in [0.15, 0.2) is 0 Å². The molecule has 0 aliphatic carbocycles. The van der Waals surface area contributed by atoms with Gasteiger partial charge < -0.3 is 0 Å². The van der Waals surface area contributed by atoms with Crippen molar-refractivity contribution < 1.29 is 4.39 Å². The number of H-pyrrole nitrogens is 1. The summed E-state index contributed by atoms with van der Waals surface area (Å²) in [4.78, 5) is 11.7. The minimum Gasteiger partial charge on any atom is -0.267 e. The number of aryl methyl sites for hydroxylation is 1. The van der Waals surface area contributed by atoms with Crippen molar-refractivity contribution in [1.82, 2.24) is 25.2 Å². The Hall–Kier alpha value is -2.28. The summed E-state index contributed by atoms with van der Waals surface area (Å²) in [6.07, 6.45) is 0. The predicted molar refractivity (Wildman–Crippen MR) is 71.2 cm³/mol. The van der Waals surface area contributed by atoms with Crippen molar-refractivity contribution in [3.05, 3.63) is 50.7 Å². The SMILES string of the molecule is Cc1c2c(=O)[nH]nnc2nn1Cc1c(F)cccc1Cl. The van der Waals surface area contributed by atoms with E-state index < -0.39 is 5.82 Å². The van der Waals surface area contributed by atoms with Gasteiger partial charge in [-0.05, 0) is 19.1 Å². The second-order valence-electron chi connectivity index (χ2n) is 4.28. The smallest absolute Gasteiger partial charge is 0.267 e. The Bertz CT molecular complexity index is 836. The van der Waals surface area contributed by atoms with Crippen molar-refractivity contribution in [3.63, 3.8) is 0 Å². The van der Waals surface area contributed by atoms with Crippen molar-refractivity contribution in [3.8, 4) is 0 Å². The highest BCUT2D eigenvalue weighted by atomic mass is 35.5. The van der Waals surface area contributed by atoms with E-state index in [-0.39, 0.29) is 17.8 Å². The van der Waals surface area contributed by atoms with Crippen LogP contribution in [-0.2, 0) is 6.54 Å². The molecule has 2 aromatic heterocycles. The van der Waals surface area contributed by atoms with Gasteiger partial charge in [0.05, 0.1) is 12.2 Å². The van der Waals surface area contributed by atoms with Crippen LogP contribution < -0.4 is 5.56 Å². The van der Waals surface area contributed by atoms with Gasteiger partial charge in [-0.2, -0.15) is 0 Å². The highest BCUT2D eigenvalue weighted by Crippen LogP contribution is 2.21. The van der Waals surface area contributed by atoms with Gasteiger partial charge in [-0.25, -0.2) is 9.49 Å². The third-order valence-corrected chi connectivity index (χ3v) is 3.44. The lowest BCUT2D eigenvalue weighted by Gasteiger charge is -2.07. The van der Waals surface area contributed by atoms with Crippen LogP contribution in [0.5, 0.6) is 0 Å². The number of hydrogen-bond donors (Lipinski definition) is 1. The molecular weight excluding hydrogens is 285 g/mol. The van der Waals surface area contributed by atoms with Crippen LogP contribution in [0.25, 0.3) is 11.0 Å². The third-order valence-electron chi connectivity index (χ3n) is 3.08. The number of fused-ring (bicyclic) bond motifs is 1. The average molecular weight is 294 g/mol. The van der Waals surface area contributed by atoms with E-state index in [2.05, 4.69) is 20.5 Å². The number of rotatable bonds is 2. The van der Waals surface area contributed by atoms with Gasteiger partial charge in [-0.1, -0.05) is 22.9 Å². The maximum atomic E-state index is 13.8. The number of nitrogens with zero attached hydrogens (tertiary/aromatic N) is 4. The van der Waals surface area contributed by atoms with Crippen LogP contribution >= 0.6 is 11.6 Å². The van der Waals surface area contributed by atoms with Crippen LogP contribution in [0.4, 0.5) is 4.39 Å². The lowest BCUT2D eigenvalue weighted by molar-refractivity contribution is 0.582. The molecular formula is C12H9ClFN5O. The molecule has 0 bridgehead atoms. The van der Waals surface area contributed by atoms with Crippen LogP contribution in [0.15, 0.2) is 23.0 Å². The number of benzene rings is 1. The summed E-state index contributed by atoms with van der Waals surface area (Å²) < 4.78 is 15.3. The van der Waals surface area contributed by atoms with E-state index in [9.17, 15) is 9.18 Å². The maximum Gasteiger partial charge on any atom is 0.278 e. The summed E-state index contributed by atoms with van der Waals surface area (Å²) in [5.41, 5.74) is 0.738. The largest absolute Gasteiger partial charge is 0.278 e. The topological polar surface area (TPSA) is 76.5 Å². The first-order valence-electron chi connectivity index (χ1n) is 5.79. The molecule has 0 saturated carbocycles. The summed E-state index contributed by atoms with van der Waals surface area (Å²) in [5.74, 6) is -0.420. The maximum absolute atomic E-state index is 13.8. The quantitative estimate of drug-likeness (QED) is 0.779. The molecule has 0 aliphatic heterocycles. The summed E-state index contributed by atoms with van der Waals surface area (Å²) in [6, 6.07) is 4.46. The van der Waals surface area contributed by atoms with E-state index in [1.54, 1.807) is 13.0 Å². The first kappa shape index (κ1) is 12.7. The van der Waals surface area contributed by atoms with Crippen molar-refractivity contribution in [1.29, 1.82) is 0 Å². The molecule has 0 atom stereocenters. The number of halogens is 2. The van der Waals surface area contributed by atoms with Gasteiger partial charge in [-0.3, -0.25) is 9.48 Å². The monoisotopic (exact) mass is 293 g/mol. The van der Waals surface area contributed by atoms with Crippen molar-refractivity contribution >= 4 is 22.6 Å². The molecule has 3 rings (SSSR count). The zero-order valence-electron chi connectivity index (χ0n) is 10.4. The van der Waals surface area contributed by atoms with Crippen LogP contribution in [0, 0.1) is 12.7 Å². The molecule has 1 aromatic carbocycles. The fourth-order valence-corrected chi connectivity index (χ4v) is 2.25. The Labute approximate surface area is 117 Å². The Balaban J connectivity index is 2.15. The highest BCUT2D eigenvalue weighted by molar-refractivity contribution is 6.31. The van der Waals surface area contributed by atoms with Gasteiger partial charge in [0.1, 0.15) is 11.2 Å². The first-order chi connectivity index (χ1) is 9.58. The molecule has 8 heteroatoms. The Morgan fingerprint density at radius 1 is 1.45 bits per heavy atom. The van der Waals surface area contributed by atoms with Gasteiger partial charge in [0.2, 0.25) is 5.65 Å². The summed E-state index contributed by atoms with van der Waals surface area (Å²) in [7, 11) is 0. The molecule has 0 fully saturated rings. The highest BCUT2D eigenvalue weighted by Gasteiger charge is 2.15. The Morgan fingerprint density at radius 2 is 2.25 bits per heavy atom. The van der Waals surface area contributed by atoms with E-state index in [0.29, 0.717) is 21.7 Å². The minimum absolute atomic E-state index is 0.118. The summed E-state index contributed by atoms with van der Waals surface area (Å²) >= 11 is 5.98. The molecule has 0 spiro atoms. The van der Waals surface area contributed by atoms with Gasteiger partial charge >= 0.3 is 0 Å². The van der Waals surface area contributed by atoms with Crippen LogP contribution in [-0.4, -0.2) is 25.2 Å². The van der Waals surface area contributed by atoms with E-state index in [0.717, 1.165) is 0 Å². The Kier molecular flexibility index (Phi) is 2.98. The number of nitrogens with one attached hydrogen (secondary N) is 1. The van der Waals surface area contributed by atoms with Gasteiger partial charge in [0, 0.05) is 10.6 Å². The van der Waals surface area contributed by atoms with Crippen molar-refractivity contribution in [2.45, 2.75) is 13.5 Å². The predicted octanol–water partition coefficient (Wildman–Crippen LogP) is 1.66. The molecule has 0 unspecified atom stereocenters. The van der Waals surface area contributed by atoms with E-state index in [1.807, 2.05) is 0 Å². The minimum atomic E-state index is -0.420. The fraction of sp³-hybridized carbons (Fsp3) is 0.167. The van der Waals surface area contributed by atoms with Gasteiger partial charge in [0.25, 0.3) is 5.56 Å². The number of aromatic nitrogens is 5. The summed E-state index contributed by atoms with van der Waals surface area (Å²) in [6.45, 7) is 1.83. The molecule has 0 radical (unpaired) electrons. The number of aromatic amines is 1. The lowest BCUT2D eigenvalue weighted by Crippen LogP contribution is -2.10. The van der Waals surface area contributed by atoms with Gasteiger partial charge in [-0.15, -0.1) is 10.2 Å². The van der Waals surface area contributed by atoms with Crippen LogP contribution in [0.3, 0.4) is 0 Å². The molecule has 6 nitrogen and oxygen atoms in total. The molecule has 1 N–H and O–H groups in total. The molecule has 3 aromatic rings. The van der Waals surface area contributed by atoms with Crippen molar-refractivity contribution in [2.75, 3.05) is 0 Å². The first-order valence-corrected chi connectivity index (χ1v) is 6.17. The second-order valence-corrected chi connectivity index (χ2v) is 4.69. The normalized spacial score (nSPS) is 11.2. The molecule has 20 heavy (non-hydrogen) atoms. The molecule has 2 heterocycles. The zero-order chi connectivity index (χ0) is 14.3. The molecule has 0 aliphatic rings. The standard InChI is InChI=1S/C12H9ClFN5O/c1-6-10-11(15-18-16-12(10)20)17-19(6)5-7-8(13)3-2-4-9(7)14/h2-4H,5H2,1H3,(H,15,16,17,20). The Morgan fingerprint density at radius 3 is 2.95 bits per heavy atom. The fourth-order valence-electron chi connectivity index (χ4n) is 2.03. The van der Waals surface area contributed by atoms with E-state index in [4.69, 9.17) is 11.6 Å². The van der Waals surface area contributed by atoms with Crippen molar-refractivity contribution in [2.24, 2.45) is 0 Å². The second kappa shape index (κ2) is 4.68. The van der Waals surface area contributed by atoms with Crippen LogP contribution in [0.2, 0.25) is 5.02 Å². The third kappa shape index (κ3) is 1.96. The van der Waals surface area contributed by atoms with E-state index >= 15 is 0 Å². The van der Waals surface area contributed by atoms with E-state index in [1.165, 1.54) is 16.8 Å². The lowest BCUT2D eigenvalue weighted by atomic mass is 10.2.